The van der Waals surface area contributed by atoms with Gasteiger partial charge in [0.2, 0.25) is 13.2 Å². The molecular formula is C24H27FNO5P. The summed E-state index contributed by atoms with van der Waals surface area (Å²) in [6.45, 7) is 4.96. The normalized spacial score (nSPS) is 17.1. The molecule has 1 aromatic heterocycles. The van der Waals surface area contributed by atoms with Crippen LogP contribution in [0.1, 0.15) is 56.5 Å². The number of fused-ring (bicyclic) bond motifs is 1. The first-order chi connectivity index (χ1) is 15.1. The lowest BCUT2D eigenvalue weighted by Gasteiger charge is -2.29. The van der Waals surface area contributed by atoms with Crippen molar-refractivity contribution in [1.29, 1.82) is 0 Å². The first-order valence-corrected chi connectivity index (χ1v) is 11.9. The number of esters is 1. The number of ether oxygens (including phenoxy) is 1. The van der Waals surface area contributed by atoms with Gasteiger partial charge in [0, 0.05) is 11.3 Å². The molecule has 1 heterocycles. The molecule has 0 amide bonds. The first kappa shape index (κ1) is 24.1. The fraction of sp³-hybridized carbons (Fsp3) is 0.417. The monoisotopic (exact) mass is 459 g/mol. The average Bonchev–Trinajstić information content (AvgIpc) is 2.74. The average molecular weight is 459 g/mol. The van der Waals surface area contributed by atoms with Gasteiger partial charge in [-0.25, -0.2) is 9.18 Å². The smallest absolute Gasteiger partial charge is 0.342 e. The minimum absolute atomic E-state index is 0.126. The predicted octanol–water partition coefficient (Wildman–Crippen LogP) is 4.02. The molecule has 3 unspecified atom stereocenters. The van der Waals surface area contributed by atoms with Crippen LogP contribution >= 0.6 is 8.03 Å². The number of benzene rings is 1. The van der Waals surface area contributed by atoms with Crippen molar-refractivity contribution >= 4 is 14.0 Å². The van der Waals surface area contributed by atoms with E-state index in [-0.39, 0.29) is 11.7 Å². The number of carbonyl (C=O) groups is 1. The van der Waals surface area contributed by atoms with Crippen molar-refractivity contribution < 1.29 is 28.5 Å². The first-order valence-electron chi connectivity index (χ1n) is 10.6. The second kappa shape index (κ2) is 9.54. The number of hydrogen-bond acceptors (Lipinski definition) is 5. The number of pyridine rings is 1. The number of aliphatic hydroxyl groups excluding tert-OH is 1. The Hall–Kier alpha value is -2.52. The maximum absolute atomic E-state index is 13.6. The molecule has 1 aliphatic rings. The highest BCUT2D eigenvalue weighted by Crippen LogP contribution is 2.45. The van der Waals surface area contributed by atoms with Crippen LogP contribution in [-0.2, 0) is 22.2 Å². The van der Waals surface area contributed by atoms with E-state index in [4.69, 9.17) is 16.1 Å². The number of aliphatic hydroxyl groups is 1. The number of halogens is 1. The van der Waals surface area contributed by atoms with Gasteiger partial charge in [-0.3, -0.25) is 9.55 Å². The van der Waals surface area contributed by atoms with Crippen molar-refractivity contribution in [3.8, 4) is 29.2 Å². The summed E-state index contributed by atoms with van der Waals surface area (Å²) >= 11 is 0. The van der Waals surface area contributed by atoms with Crippen LogP contribution in [0.5, 0.6) is 5.75 Å². The largest absolute Gasteiger partial charge is 0.422 e. The van der Waals surface area contributed by atoms with Crippen molar-refractivity contribution in [3.05, 3.63) is 47.0 Å². The third-order valence-corrected chi connectivity index (χ3v) is 7.28. The Kier molecular flexibility index (Phi) is 7.19. The fourth-order valence-corrected chi connectivity index (χ4v) is 4.72. The summed E-state index contributed by atoms with van der Waals surface area (Å²) in [6.07, 6.45) is 7.19. The number of aryl methyl sites for hydroxylation is 1. The third-order valence-electron chi connectivity index (χ3n) is 5.84. The quantitative estimate of drug-likeness (QED) is 0.385. The zero-order valence-electron chi connectivity index (χ0n) is 18.3. The van der Waals surface area contributed by atoms with Crippen LogP contribution in [0.15, 0.2) is 24.3 Å². The molecule has 1 aliphatic carbocycles. The second-order valence-corrected chi connectivity index (χ2v) is 9.72. The summed E-state index contributed by atoms with van der Waals surface area (Å²) < 4.78 is 31.5. The Morgan fingerprint density at radius 3 is 2.41 bits per heavy atom. The second-order valence-electron chi connectivity index (χ2n) is 8.32. The zero-order chi connectivity index (χ0) is 23.6. The van der Waals surface area contributed by atoms with E-state index in [9.17, 15) is 23.7 Å². The molecule has 0 saturated carbocycles. The molecule has 3 atom stereocenters. The van der Waals surface area contributed by atoms with Crippen LogP contribution in [-0.4, -0.2) is 32.2 Å². The van der Waals surface area contributed by atoms with Gasteiger partial charge in [0.25, 0.3) is 0 Å². The number of aromatic nitrogens is 1. The molecular weight excluding hydrogens is 432 g/mol. The lowest BCUT2D eigenvalue weighted by molar-refractivity contribution is -0.138. The minimum atomic E-state index is -3.71. The van der Waals surface area contributed by atoms with Gasteiger partial charge in [0.05, 0.1) is 11.8 Å². The summed E-state index contributed by atoms with van der Waals surface area (Å²) in [5.74, 6) is 0.381. The number of carbonyl (C=O) groups excluding carboxylic acids is 1. The van der Waals surface area contributed by atoms with Gasteiger partial charge in [0.1, 0.15) is 5.82 Å². The van der Waals surface area contributed by atoms with E-state index >= 15 is 0 Å². The van der Waals surface area contributed by atoms with Gasteiger partial charge >= 0.3 is 5.97 Å². The van der Waals surface area contributed by atoms with Crippen molar-refractivity contribution in [2.75, 3.05) is 0 Å². The van der Waals surface area contributed by atoms with E-state index < -0.39 is 31.1 Å². The zero-order valence-corrected chi connectivity index (χ0v) is 19.3. The SMILES string of the molecule is C#CC(C(=O)Oc1c(C(C)C)nc2c(c1-c1ccc(F)cc1)CCCC2)(C(C)O)[PH](=O)O. The summed E-state index contributed by atoms with van der Waals surface area (Å²) in [7, 11) is -3.71. The molecule has 0 saturated heterocycles. The van der Waals surface area contributed by atoms with Gasteiger partial charge in [0.15, 0.2) is 5.75 Å². The van der Waals surface area contributed by atoms with Crippen LogP contribution in [0.25, 0.3) is 11.1 Å². The van der Waals surface area contributed by atoms with Crippen LogP contribution in [0.3, 0.4) is 0 Å². The summed E-state index contributed by atoms with van der Waals surface area (Å²) in [4.78, 5) is 27.8. The molecule has 8 heteroatoms. The number of nitrogens with zero attached hydrogens (tertiary/aromatic N) is 1. The number of terminal acetylenes is 1. The highest BCUT2D eigenvalue weighted by atomic mass is 31.1. The Bertz CT molecular complexity index is 1090. The number of hydrogen-bond donors (Lipinski definition) is 2. The molecule has 170 valence electrons. The molecule has 32 heavy (non-hydrogen) atoms. The van der Waals surface area contributed by atoms with Gasteiger partial charge < -0.3 is 14.7 Å². The summed E-state index contributed by atoms with van der Waals surface area (Å²) in [5, 5.41) is 7.74. The highest BCUT2D eigenvalue weighted by molar-refractivity contribution is 7.42. The van der Waals surface area contributed by atoms with Gasteiger partial charge in [-0.05, 0) is 61.8 Å². The van der Waals surface area contributed by atoms with Crippen LogP contribution in [0, 0.1) is 18.2 Å². The van der Waals surface area contributed by atoms with E-state index in [2.05, 4.69) is 0 Å². The summed E-state index contributed by atoms with van der Waals surface area (Å²) in [5.41, 5.74) is 3.52. The van der Waals surface area contributed by atoms with Gasteiger partial charge in [-0.2, -0.15) is 0 Å². The van der Waals surface area contributed by atoms with Gasteiger partial charge in [-0.15, -0.1) is 6.42 Å². The Morgan fingerprint density at radius 2 is 1.88 bits per heavy atom. The summed E-state index contributed by atoms with van der Waals surface area (Å²) in [6, 6.07) is 5.83. The highest BCUT2D eigenvalue weighted by Gasteiger charge is 2.49. The topological polar surface area (TPSA) is 96.7 Å². The minimum Gasteiger partial charge on any atom is -0.422 e. The molecule has 2 aromatic rings. The molecule has 2 N–H and O–H groups in total. The fourth-order valence-electron chi connectivity index (χ4n) is 4.01. The van der Waals surface area contributed by atoms with E-state index in [1.807, 2.05) is 19.8 Å². The van der Waals surface area contributed by atoms with Crippen LogP contribution < -0.4 is 4.74 Å². The van der Waals surface area contributed by atoms with Crippen LogP contribution in [0.2, 0.25) is 0 Å². The molecule has 3 rings (SSSR count). The lowest BCUT2D eigenvalue weighted by atomic mass is 9.86. The van der Waals surface area contributed by atoms with E-state index in [1.165, 1.54) is 19.1 Å². The van der Waals surface area contributed by atoms with E-state index in [0.29, 0.717) is 23.2 Å². The Balaban J connectivity index is 2.28. The molecule has 6 nitrogen and oxygen atoms in total. The predicted molar refractivity (Wildman–Crippen MR) is 120 cm³/mol. The molecule has 0 spiro atoms. The van der Waals surface area contributed by atoms with Gasteiger partial charge in [-0.1, -0.05) is 31.9 Å². The molecule has 0 radical (unpaired) electrons. The number of rotatable bonds is 6. The van der Waals surface area contributed by atoms with Crippen molar-refractivity contribution in [2.24, 2.45) is 0 Å². The maximum Gasteiger partial charge on any atom is 0.342 e. The third kappa shape index (κ3) is 4.23. The Labute approximate surface area is 187 Å². The Morgan fingerprint density at radius 1 is 1.25 bits per heavy atom. The van der Waals surface area contributed by atoms with Crippen LogP contribution in [0.4, 0.5) is 4.39 Å². The molecule has 1 aromatic carbocycles. The maximum atomic E-state index is 13.6. The van der Waals surface area contributed by atoms with Crippen molar-refractivity contribution in [3.63, 3.8) is 0 Å². The van der Waals surface area contributed by atoms with Crippen molar-refractivity contribution in [2.45, 2.75) is 63.6 Å². The van der Waals surface area contributed by atoms with E-state index in [1.54, 1.807) is 12.1 Å². The lowest BCUT2D eigenvalue weighted by Crippen LogP contribution is -2.46. The van der Waals surface area contributed by atoms with E-state index in [0.717, 1.165) is 30.5 Å². The molecule has 0 fully saturated rings. The molecule has 0 aliphatic heterocycles. The van der Waals surface area contributed by atoms with Crippen molar-refractivity contribution in [1.82, 2.24) is 4.98 Å². The molecule has 0 bridgehead atoms. The standard InChI is InChI=1S/C24H27FNO5P/c1-5-24(15(4)27,32(29)30)23(28)31-22-20(16-10-12-17(25)13-11-16)18-8-6-7-9-19(18)26-21(22)14(2)3/h1,10-15,27,32H,6-9H2,2-4H3,(H,29,30).